The average molecular weight is 375 g/mol. The summed E-state index contributed by atoms with van der Waals surface area (Å²) in [6.07, 6.45) is 0.698. The van der Waals surface area contributed by atoms with Crippen LogP contribution in [0, 0.1) is 6.92 Å². The predicted molar refractivity (Wildman–Crippen MR) is 97.4 cm³/mol. The number of aromatic nitrogens is 2. The van der Waals surface area contributed by atoms with Crippen LogP contribution >= 0.6 is 11.6 Å². The van der Waals surface area contributed by atoms with Gasteiger partial charge in [-0.15, -0.1) is 0 Å². The summed E-state index contributed by atoms with van der Waals surface area (Å²) in [5.41, 5.74) is 2.87. The van der Waals surface area contributed by atoms with Crippen molar-refractivity contribution in [3.63, 3.8) is 0 Å². The van der Waals surface area contributed by atoms with E-state index in [1.807, 2.05) is 36.4 Å². The van der Waals surface area contributed by atoms with E-state index in [4.69, 9.17) is 11.6 Å². The van der Waals surface area contributed by atoms with Crippen LogP contribution in [-0.2, 0) is 17.6 Å². The Balaban J connectivity index is 1.92. The van der Waals surface area contributed by atoms with Gasteiger partial charge in [0.1, 0.15) is 11.5 Å². The van der Waals surface area contributed by atoms with Crippen molar-refractivity contribution in [3.8, 4) is 11.1 Å². The van der Waals surface area contributed by atoms with Gasteiger partial charge in [-0.3, -0.25) is 4.79 Å². The molecule has 0 bridgehead atoms. The Labute approximate surface area is 152 Å². The fourth-order valence-electron chi connectivity index (χ4n) is 2.69. The maximum atomic E-state index is 11.5. The van der Waals surface area contributed by atoms with Crippen LogP contribution in [0.1, 0.15) is 21.9 Å². The van der Waals surface area contributed by atoms with Crippen molar-refractivity contribution in [2.75, 3.05) is 0 Å². The van der Waals surface area contributed by atoms with Crippen LogP contribution in [0.25, 0.3) is 11.1 Å². The minimum atomic E-state index is -2.05. The Bertz CT molecular complexity index is 951. The van der Waals surface area contributed by atoms with Gasteiger partial charge >= 0.3 is 0 Å². The molecule has 0 aliphatic rings. The number of nitrogens with zero attached hydrogens (tertiary/aromatic N) is 2. The standard InChI is InChI=1S/C18H15ClN2O3S/c1-12-20-18(19)16(11-22)21(12)10-13-6-8-14(9-7-13)15-4-2-3-5-17(15)25(23)24/h2-9,11H,10H2,1H3,(H,23,24). The van der Waals surface area contributed by atoms with Gasteiger partial charge in [0.2, 0.25) is 0 Å². The molecule has 0 aliphatic heterocycles. The molecule has 1 heterocycles. The first kappa shape index (κ1) is 17.5. The second kappa shape index (κ2) is 7.31. The van der Waals surface area contributed by atoms with E-state index in [1.54, 1.807) is 23.6 Å². The van der Waals surface area contributed by atoms with E-state index in [0.29, 0.717) is 34.8 Å². The SMILES string of the molecule is Cc1nc(Cl)c(C=O)n1Cc1ccc(-c2ccccc2S(=O)O)cc1. The van der Waals surface area contributed by atoms with Crippen LogP contribution in [0.15, 0.2) is 53.4 Å². The van der Waals surface area contributed by atoms with Crippen LogP contribution in [-0.4, -0.2) is 24.6 Å². The highest BCUT2D eigenvalue weighted by Gasteiger charge is 2.13. The van der Waals surface area contributed by atoms with Gasteiger partial charge in [-0.25, -0.2) is 9.19 Å². The molecule has 0 aliphatic carbocycles. The molecule has 3 rings (SSSR count). The largest absolute Gasteiger partial charge is 0.320 e. The van der Waals surface area contributed by atoms with E-state index in [9.17, 15) is 13.6 Å². The number of hydrogen-bond donors (Lipinski definition) is 1. The van der Waals surface area contributed by atoms with E-state index in [1.165, 1.54) is 0 Å². The van der Waals surface area contributed by atoms with E-state index in [0.717, 1.165) is 11.1 Å². The number of carbonyl (C=O) groups excluding carboxylic acids is 1. The lowest BCUT2D eigenvalue weighted by Gasteiger charge is -2.10. The van der Waals surface area contributed by atoms with Crippen LogP contribution in [0.5, 0.6) is 0 Å². The van der Waals surface area contributed by atoms with Gasteiger partial charge < -0.3 is 9.12 Å². The lowest BCUT2D eigenvalue weighted by Crippen LogP contribution is -2.06. The van der Waals surface area contributed by atoms with E-state index < -0.39 is 11.1 Å². The zero-order valence-corrected chi connectivity index (χ0v) is 14.9. The van der Waals surface area contributed by atoms with Crippen molar-refractivity contribution in [1.29, 1.82) is 0 Å². The van der Waals surface area contributed by atoms with Crippen LogP contribution in [0.3, 0.4) is 0 Å². The number of hydrogen-bond acceptors (Lipinski definition) is 3. The zero-order valence-electron chi connectivity index (χ0n) is 13.3. The quantitative estimate of drug-likeness (QED) is 0.542. The molecule has 0 radical (unpaired) electrons. The van der Waals surface area contributed by atoms with Crippen molar-refractivity contribution in [2.45, 2.75) is 18.4 Å². The first-order valence-corrected chi connectivity index (χ1v) is 8.96. The lowest BCUT2D eigenvalue weighted by molar-refractivity contribution is 0.111. The van der Waals surface area contributed by atoms with Gasteiger partial charge in [0.05, 0.1) is 4.90 Å². The Morgan fingerprint density at radius 3 is 2.52 bits per heavy atom. The molecule has 1 atom stereocenters. The molecule has 7 heteroatoms. The molecule has 1 N–H and O–H groups in total. The van der Waals surface area contributed by atoms with Crippen molar-refractivity contribution < 1.29 is 13.6 Å². The number of rotatable bonds is 5. The van der Waals surface area contributed by atoms with Crippen molar-refractivity contribution in [2.24, 2.45) is 0 Å². The monoisotopic (exact) mass is 374 g/mol. The third kappa shape index (κ3) is 3.56. The molecule has 25 heavy (non-hydrogen) atoms. The Hall–Kier alpha value is -2.28. The maximum Gasteiger partial charge on any atom is 0.187 e. The highest BCUT2D eigenvalue weighted by atomic mass is 35.5. The van der Waals surface area contributed by atoms with Gasteiger partial charge in [-0.1, -0.05) is 54.1 Å². The van der Waals surface area contributed by atoms with Crippen molar-refractivity contribution in [3.05, 3.63) is 70.8 Å². The molecule has 3 aromatic rings. The number of aryl methyl sites for hydroxylation is 1. The number of halogens is 1. The second-order valence-corrected chi connectivity index (χ2v) is 6.78. The lowest BCUT2D eigenvalue weighted by atomic mass is 10.0. The smallest absolute Gasteiger partial charge is 0.187 e. The summed E-state index contributed by atoms with van der Waals surface area (Å²) in [6.45, 7) is 2.26. The van der Waals surface area contributed by atoms with Crippen molar-refractivity contribution in [1.82, 2.24) is 9.55 Å². The number of benzene rings is 2. The average Bonchev–Trinajstić information content (AvgIpc) is 2.88. The minimum Gasteiger partial charge on any atom is -0.320 e. The molecule has 5 nitrogen and oxygen atoms in total. The third-order valence-electron chi connectivity index (χ3n) is 3.95. The topological polar surface area (TPSA) is 72.2 Å². The molecule has 1 unspecified atom stereocenters. The molecule has 2 aromatic carbocycles. The summed E-state index contributed by atoms with van der Waals surface area (Å²) in [4.78, 5) is 15.7. The van der Waals surface area contributed by atoms with E-state index in [2.05, 4.69) is 4.98 Å². The Kier molecular flexibility index (Phi) is 5.13. The molecule has 0 amide bonds. The summed E-state index contributed by atoms with van der Waals surface area (Å²) < 4.78 is 22.6. The fourth-order valence-corrected chi connectivity index (χ4v) is 3.52. The third-order valence-corrected chi connectivity index (χ3v) is 4.96. The van der Waals surface area contributed by atoms with E-state index >= 15 is 0 Å². The zero-order chi connectivity index (χ0) is 18.0. The number of carbonyl (C=O) groups is 1. The molecule has 0 saturated heterocycles. The van der Waals surface area contributed by atoms with Crippen LogP contribution < -0.4 is 0 Å². The van der Waals surface area contributed by atoms with Crippen LogP contribution in [0.2, 0.25) is 5.15 Å². The van der Waals surface area contributed by atoms with Gasteiger partial charge in [-0.2, -0.15) is 0 Å². The molecular formula is C18H15ClN2O3S. The van der Waals surface area contributed by atoms with Gasteiger partial charge in [0.15, 0.2) is 22.5 Å². The molecule has 1 aromatic heterocycles. The molecule has 0 spiro atoms. The van der Waals surface area contributed by atoms with Gasteiger partial charge in [0.25, 0.3) is 0 Å². The Morgan fingerprint density at radius 1 is 1.20 bits per heavy atom. The van der Waals surface area contributed by atoms with Crippen LogP contribution in [0.4, 0.5) is 0 Å². The number of imidazole rings is 1. The summed E-state index contributed by atoms with van der Waals surface area (Å²) in [5, 5.41) is 0.198. The summed E-state index contributed by atoms with van der Waals surface area (Å²) in [6, 6.07) is 14.6. The van der Waals surface area contributed by atoms with Crippen molar-refractivity contribution >= 4 is 29.0 Å². The van der Waals surface area contributed by atoms with E-state index in [-0.39, 0.29) is 5.15 Å². The second-order valence-electron chi connectivity index (χ2n) is 5.48. The first-order chi connectivity index (χ1) is 12.0. The summed E-state index contributed by atoms with van der Waals surface area (Å²) in [7, 11) is 0. The fraction of sp³-hybridized carbons (Fsp3) is 0.111. The maximum absolute atomic E-state index is 11.5. The normalized spacial score (nSPS) is 12.1. The predicted octanol–water partition coefficient (Wildman–Crippen LogP) is 3.95. The van der Waals surface area contributed by atoms with Gasteiger partial charge in [0, 0.05) is 12.1 Å². The highest BCUT2D eigenvalue weighted by molar-refractivity contribution is 7.79. The summed E-state index contributed by atoms with van der Waals surface area (Å²) >= 11 is 3.90. The first-order valence-electron chi connectivity index (χ1n) is 7.48. The number of aldehydes is 1. The molecule has 0 saturated carbocycles. The molecule has 0 fully saturated rings. The molecular weight excluding hydrogens is 360 g/mol. The highest BCUT2D eigenvalue weighted by Crippen LogP contribution is 2.26. The van der Waals surface area contributed by atoms with Gasteiger partial charge in [-0.05, 0) is 24.1 Å². The Morgan fingerprint density at radius 2 is 1.88 bits per heavy atom. The summed E-state index contributed by atoms with van der Waals surface area (Å²) in [5.74, 6) is 0.664. The minimum absolute atomic E-state index is 0.198. The molecule has 128 valence electrons.